The van der Waals surface area contributed by atoms with Gasteiger partial charge in [-0.25, -0.2) is 0 Å². The second kappa shape index (κ2) is 4.58. The van der Waals surface area contributed by atoms with Crippen molar-refractivity contribution < 1.29 is 5.11 Å². The molecule has 90 valence electrons. The van der Waals surface area contributed by atoms with E-state index in [1.54, 1.807) is 0 Å². The molecule has 1 unspecified atom stereocenters. The number of hydrogen-bond acceptors (Lipinski definition) is 2. The van der Waals surface area contributed by atoms with Gasteiger partial charge >= 0.3 is 0 Å². The van der Waals surface area contributed by atoms with Crippen molar-refractivity contribution in [3.63, 3.8) is 0 Å². The van der Waals surface area contributed by atoms with E-state index in [-0.39, 0.29) is 6.10 Å². The topological polar surface area (TPSA) is 38.1 Å². The van der Waals surface area contributed by atoms with E-state index in [1.165, 1.54) is 19.3 Å². The first-order valence-electron chi connectivity index (χ1n) is 6.35. The molecule has 1 saturated carbocycles. The summed E-state index contributed by atoms with van der Waals surface area (Å²) in [6.45, 7) is 7.08. The number of aliphatic hydroxyl groups is 1. The van der Waals surface area contributed by atoms with Gasteiger partial charge in [0.15, 0.2) is 0 Å². The highest BCUT2D eigenvalue weighted by molar-refractivity contribution is 5.26. The summed E-state index contributed by atoms with van der Waals surface area (Å²) in [6, 6.07) is 0. The molecule has 0 aliphatic heterocycles. The summed E-state index contributed by atoms with van der Waals surface area (Å²) < 4.78 is 2.07. The number of aromatic nitrogens is 2. The standard InChI is InChI=1S/C13H22N2O/c1-4-12(16)13-9(2)14-15(10(13)3)8-7-11-5-6-11/h11-12,16H,4-8H2,1-3H3. The molecule has 0 amide bonds. The highest BCUT2D eigenvalue weighted by atomic mass is 16.3. The fourth-order valence-electron chi connectivity index (χ4n) is 2.33. The van der Waals surface area contributed by atoms with Crippen molar-refractivity contribution in [2.24, 2.45) is 5.92 Å². The van der Waals surface area contributed by atoms with Crippen LogP contribution in [0.1, 0.15) is 55.7 Å². The van der Waals surface area contributed by atoms with E-state index < -0.39 is 0 Å². The molecule has 3 nitrogen and oxygen atoms in total. The Balaban J connectivity index is 2.12. The zero-order valence-electron chi connectivity index (χ0n) is 10.5. The Kier molecular flexibility index (Phi) is 3.33. The average Bonchev–Trinajstić information content (AvgIpc) is 3.03. The van der Waals surface area contributed by atoms with Gasteiger partial charge in [0, 0.05) is 17.8 Å². The molecule has 2 rings (SSSR count). The summed E-state index contributed by atoms with van der Waals surface area (Å²) in [7, 11) is 0. The fourth-order valence-corrected chi connectivity index (χ4v) is 2.33. The molecule has 1 aromatic heterocycles. The van der Waals surface area contributed by atoms with E-state index in [1.807, 2.05) is 13.8 Å². The molecule has 1 heterocycles. The largest absolute Gasteiger partial charge is 0.388 e. The lowest BCUT2D eigenvalue weighted by Gasteiger charge is -2.09. The number of hydrogen-bond donors (Lipinski definition) is 1. The minimum absolute atomic E-state index is 0.352. The Hall–Kier alpha value is -0.830. The van der Waals surface area contributed by atoms with E-state index in [0.717, 1.165) is 35.8 Å². The highest BCUT2D eigenvalue weighted by Crippen LogP contribution is 2.33. The predicted octanol–water partition coefficient (Wildman–Crippen LogP) is 2.74. The molecule has 1 fully saturated rings. The van der Waals surface area contributed by atoms with Gasteiger partial charge in [0.25, 0.3) is 0 Å². The Labute approximate surface area is 97.5 Å². The Morgan fingerprint density at radius 2 is 2.12 bits per heavy atom. The molecular formula is C13H22N2O. The van der Waals surface area contributed by atoms with E-state index in [4.69, 9.17) is 0 Å². The maximum atomic E-state index is 9.94. The molecule has 1 aromatic rings. The Morgan fingerprint density at radius 3 is 2.69 bits per heavy atom. The molecule has 0 radical (unpaired) electrons. The predicted molar refractivity (Wildman–Crippen MR) is 64.3 cm³/mol. The zero-order chi connectivity index (χ0) is 11.7. The van der Waals surface area contributed by atoms with Gasteiger partial charge in [-0.2, -0.15) is 5.10 Å². The highest BCUT2D eigenvalue weighted by Gasteiger charge is 2.22. The molecular weight excluding hydrogens is 200 g/mol. The maximum absolute atomic E-state index is 9.94. The van der Waals surface area contributed by atoms with Gasteiger partial charge in [0.2, 0.25) is 0 Å². The van der Waals surface area contributed by atoms with Crippen LogP contribution in [0.5, 0.6) is 0 Å². The van der Waals surface area contributed by atoms with Crippen LogP contribution < -0.4 is 0 Å². The third-order valence-corrected chi connectivity index (χ3v) is 3.60. The Morgan fingerprint density at radius 1 is 1.44 bits per heavy atom. The van der Waals surface area contributed by atoms with Gasteiger partial charge in [-0.05, 0) is 32.6 Å². The molecule has 1 N–H and O–H groups in total. The minimum atomic E-state index is -0.352. The second-order valence-corrected chi connectivity index (χ2v) is 4.96. The van der Waals surface area contributed by atoms with Crippen LogP contribution in [0.3, 0.4) is 0 Å². The van der Waals surface area contributed by atoms with Crippen molar-refractivity contribution in [2.45, 2.75) is 59.1 Å². The van der Waals surface area contributed by atoms with Crippen molar-refractivity contribution in [3.8, 4) is 0 Å². The van der Waals surface area contributed by atoms with Crippen LogP contribution in [-0.4, -0.2) is 14.9 Å². The van der Waals surface area contributed by atoms with Gasteiger partial charge in [-0.3, -0.25) is 4.68 Å². The van der Waals surface area contributed by atoms with Crippen LogP contribution in [0.4, 0.5) is 0 Å². The molecule has 0 spiro atoms. The summed E-state index contributed by atoms with van der Waals surface area (Å²) in [5.74, 6) is 0.934. The lowest BCUT2D eigenvalue weighted by atomic mass is 10.1. The summed E-state index contributed by atoms with van der Waals surface area (Å²) in [6.07, 6.45) is 4.43. The third-order valence-electron chi connectivity index (χ3n) is 3.60. The van der Waals surface area contributed by atoms with Crippen molar-refractivity contribution in [1.82, 2.24) is 9.78 Å². The zero-order valence-corrected chi connectivity index (χ0v) is 10.5. The van der Waals surface area contributed by atoms with Gasteiger partial charge < -0.3 is 5.11 Å². The van der Waals surface area contributed by atoms with Crippen LogP contribution in [-0.2, 0) is 6.54 Å². The SMILES string of the molecule is CCC(O)c1c(C)nn(CCC2CC2)c1C. The van der Waals surface area contributed by atoms with Gasteiger partial charge in [-0.1, -0.05) is 19.8 Å². The first kappa shape index (κ1) is 11.6. The Bertz CT molecular complexity index is 366. The molecule has 0 aromatic carbocycles. The fraction of sp³-hybridized carbons (Fsp3) is 0.769. The van der Waals surface area contributed by atoms with E-state index in [9.17, 15) is 5.11 Å². The van der Waals surface area contributed by atoms with Crippen LogP contribution in [0.25, 0.3) is 0 Å². The molecule has 1 atom stereocenters. The quantitative estimate of drug-likeness (QED) is 0.832. The number of aryl methyl sites for hydroxylation is 2. The second-order valence-electron chi connectivity index (χ2n) is 4.96. The minimum Gasteiger partial charge on any atom is -0.388 e. The summed E-state index contributed by atoms with van der Waals surface area (Å²) >= 11 is 0. The van der Waals surface area contributed by atoms with Crippen LogP contribution >= 0.6 is 0 Å². The maximum Gasteiger partial charge on any atom is 0.0823 e. The van der Waals surface area contributed by atoms with Crippen molar-refractivity contribution in [3.05, 3.63) is 17.0 Å². The lowest BCUT2D eigenvalue weighted by molar-refractivity contribution is 0.172. The van der Waals surface area contributed by atoms with E-state index in [0.29, 0.717) is 0 Å². The lowest BCUT2D eigenvalue weighted by Crippen LogP contribution is -2.04. The van der Waals surface area contributed by atoms with Gasteiger partial charge in [0.05, 0.1) is 11.8 Å². The van der Waals surface area contributed by atoms with E-state index >= 15 is 0 Å². The molecule has 16 heavy (non-hydrogen) atoms. The van der Waals surface area contributed by atoms with Crippen molar-refractivity contribution in [2.75, 3.05) is 0 Å². The number of aliphatic hydroxyl groups excluding tert-OH is 1. The summed E-state index contributed by atoms with van der Waals surface area (Å²) in [5, 5.41) is 14.5. The monoisotopic (exact) mass is 222 g/mol. The normalized spacial score (nSPS) is 17.8. The molecule has 0 bridgehead atoms. The third kappa shape index (κ3) is 2.29. The first-order chi connectivity index (χ1) is 7.63. The number of nitrogens with zero attached hydrogens (tertiary/aromatic N) is 2. The average molecular weight is 222 g/mol. The molecule has 1 aliphatic rings. The van der Waals surface area contributed by atoms with Crippen LogP contribution in [0, 0.1) is 19.8 Å². The first-order valence-corrected chi connectivity index (χ1v) is 6.35. The molecule has 1 aliphatic carbocycles. The molecule has 3 heteroatoms. The van der Waals surface area contributed by atoms with Crippen molar-refractivity contribution in [1.29, 1.82) is 0 Å². The smallest absolute Gasteiger partial charge is 0.0823 e. The summed E-state index contributed by atoms with van der Waals surface area (Å²) in [5.41, 5.74) is 3.17. The van der Waals surface area contributed by atoms with Gasteiger partial charge in [0.1, 0.15) is 0 Å². The van der Waals surface area contributed by atoms with Crippen LogP contribution in [0.2, 0.25) is 0 Å². The van der Waals surface area contributed by atoms with Crippen LogP contribution in [0.15, 0.2) is 0 Å². The summed E-state index contributed by atoms with van der Waals surface area (Å²) in [4.78, 5) is 0. The van der Waals surface area contributed by atoms with Crippen molar-refractivity contribution >= 4 is 0 Å². The van der Waals surface area contributed by atoms with Gasteiger partial charge in [-0.15, -0.1) is 0 Å². The molecule has 0 saturated heterocycles. The number of rotatable bonds is 5. The van der Waals surface area contributed by atoms with E-state index in [2.05, 4.69) is 16.7 Å².